The van der Waals surface area contributed by atoms with E-state index in [2.05, 4.69) is 96.1 Å². The lowest BCUT2D eigenvalue weighted by Crippen LogP contribution is -2.25. The zero-order valence-corrected chi connectivity index (χ0v) is 15.9. The van der Waals surface area contributed by atoms with Crippen molar-refractivity contribution in [1.82, 2.24) is 9.47 Å². The fraction of sp³-hybridized carbons (Fsp3) is 0.200. The minimum atomic E-state index is 0.920. The van der Waals surface area contributed by atoms with Crippen molar-refractivity contribution in [1.29, 1.82) is 0 Å². The summed E-state index contributed by atoms with van der Waals surface area (Å²) in [7, 11) is 0. The zero-order valence-electron chi connectivity index (χ0n) is 15.9. The minimum Gasteiger partial charge on any atom is -0.327 e. The van der Waals surface area contributed by atoms with E-state index in [0.717, 1.165) is 19.8 Å². The molecule has 0 spiro atoms. The molecule has 0 bridgehead atoms. The number of rotatable bonds is 4. The quantitative estimate of drug-likeness (QED) is 0.363. The van der Waals surface area contributed by atoms with Crippen LogP contribution in [-0.4, -0.2) is 22.6 Å². The molecule has 0 amide bonds. The van der Waals surface area contributed by atoms with Crippen LogP contribution in [0.2, 0.25) is 0 Å². The van der Waals surface area contributed by atoms with Gasteiger partial charge in [-0.3, -0.25) is 4.90 Å². The first-order valence-corrected chi connectivity index (χ1v) is 9.85. The van der Waals surface area contributed by atoms with Gasteiger partial charge in [0.15, 0.2) is 0 Å². The Balaban J connectivity index is 1.99. The summed E-state index contributed by atoms with van der Waals surface area (Å²) in [5.74, 6) is 0. The summed E-state index contributed by atoms with van der Waals surface area (Å²) < 4.78 is 2.50. The van der Waals surface area contributed by atoms with Gasteiger partial charge in [-0.1, -0.05) is 74.5 Å². The standard InChI is InChI=1S/C25H24N2/c1-3-26(4-2)17-27-22-15-13-18-9-5-7-11-20(18)24(22)25-21-12-8-6-10-19(21)14-16-23(25)27/h5-16H,3-4,17H2,1-2H3. The molecule has 0 aliphatic heterocycles. The van der Waals surface area contributed by atoms with E-state index < -0.39 is 0 Å². The van der Waals surface area contributed by atoms with E-state index in [1.54, 1.807) is 0 Å². The Labute approximate surface area is 159 Å². The second kappa shape index (κ2) is 6.40. The van der Waals surface area contributed by atoms with Gasteiger partial charge >= 0.3 is 0 Å². The maximum absolute atomic E-state index is 2.50. The molecule has 134 valence electrons. The third-order valence-electron chi connectivity index (χ3n) is 5.88. The van der Waals surface area contributed by atoms with E-state index in [1.165, 1.54) is 43.4 Å². The van der Waals surface area contributed by atoms with Crippen LogP contribution >= 0.6 is 0 Å². The molecule has 0 saturated heterocycles. The number of aromatic nitrogens is 1. The molecule has 1 heterocycles. The fourth-order valence-corrected chi connectivity index (χ4v) is 4.40. The molecule has 2 heteroatoms. The third-order valence-corrected chi connectivity index (χ3v) is 5.88. The first-order valence-electron chi connectivity index (χ1n) is 9.85. The second-order valence-corrected chi connectivity index (χ2v) is 7.23. The Hall–Kier alpha value is -2.84. The zero-order chi connectivity index (χ0) is 18.4. The predicted octanol–water partition coefficient (Wildman–Crippen LogP) is 6.40. The highest BCUT2D eigenvalue weighted by atomic mass is 15.2. The van der Waals surface area contributed by atoms with Gasteiger partial charge in [-0.15, -0.1) is 0 Å². The molecule has 0 saturated carbocycles. The summed E-state index contributed by atoms with van der Waals surface area (Å²) in [6.07, 6.45) is 0. The van der Waals surface area contributed by atoms with Crippen molar-refractivity contribution >= 4 is 43.4 Å². The first-order chi connectivity index (χ1) is 13.3. The van der Waals surface area contributed by atoms with Crippen LogP contribution in [0.4, 0.5) is 0 Å². The second-order valence-electron chi connectivity index (χ2n) is 7.23. The Morgan fingerprint density at radius 1 is 0.630 bits per heavy atom. The van der Waals surface area contributed by atoms with Gasteiger partial charge in [0.05, 0.1) is 17.7 Å². The van der Waals surface area contributed by atoms with Gasteiger partial charge in [0.2, 0.25) is 0 Å². The molecule has 1 aromatic heterocycles. The largest absolute Gasteiger partial charge is 0.327 e. The summed E-state index contributed by atoms with van der Waals surface area (Å²) in [5.41, 5.74) is 2.65. The lowest BCUT2D eigenvalue weighted by Gasteiger charge is -2.20. The van der Waals surface area contributed by atoms with Gasteiger partial charge in [0.25, 0.3) is 0 Å². The molecule has 2 nitrogen and oxygen atoms in total. The van der Waals surface area contributed by atoms with Crippen molar-refractivity contribution < 1.29 is 0 Å². The van der Waals surface area contributed by atoms with Crippen molar-refractivity contribution in [3.8, 4) is 0 Å². The van der Waals surface area contributed by atoms with Crippen LogP contribution in [0.25, 0.3) is 43.4 Å². The van der Waals surface area contributed by atoms with E-state index in [-0.39, 0.29) is 0 Å². The highest BCUT2D eigenvalue weighted by Gasteiger charge is 2.16. The van der Waals surface area contributed by atoms with Crippen LogP contribution in [0.5, 0.6) is 0 Å². The average molecular weight is 352 g/mol. The Bertz CT molecular complexity index is 1180. The van der Waals surface area contributed by atoms with Crippen LogP contribution in [0.3, 0.4) is 0 Å². The van der Waals surface area contributed by atoms with Crippen LogP contribution in [0, 0.1) is 0 Å². The van der Waals surface area contributed by atoms with Gasteiger partial charge in [-0.2, -0.15) is 0 Å². The Morgan fingerprint density at radius 2 is 1.11 bits per heavy atom. The van der Waals surface area contributed by atoms with Gasteiger partial charge in [-0.05, 0) is 46.8 Å². The summed E-state index contributed by atoms with van der Waals surface area (Å²) in [6, 6.07) is 26.6. The lowest BCUT2D eigenvalue weighted by molar-refractivity contribution is 0.250. The molecule has 0 radical (unpaired) electrons. The SMILES string of the molecule is CCN(CC)Cn1c2ccc3ccccc3c2c2c3ccccc3ccc21. The van der Waals surface area contributed by atoms with Gasteiger partial charge in [-0.25, -0.2) is 0 Å². The maximum atomic E-state index is 2.50. The van der Waals surface area contributed by atoms with Crippen LogP contribution in [0.1, 0.15) is 13.8 Å². The lowest BCUT2D eigenvalue weighted by atomic mass is 10.00. The predicted molar refractivity (Wildman–Crippen MR) is 117 cm³/mol. The maximum Gasteiger partial charge on any atom is 0.0757 e. The molecule has 0 fully saturated rings. The van der Waals surface area contributed by atoms with Crippen molar-refractivity contribution in [3.63, 3.8) is 0 Å². The molecule has 5 aromatic rings. The molecule has 4 aromatic carbocycles. The van der Waals surface area contributed by atoms with E-state index in [0.29, 0.717) is 0 Å². The van der Waals surface area contributed by atoms with Crippen molar-refractivity contribution in [3.05, 3.63) is 72.8 Å². The number of benzene rings is 4. The van der Waals surface area contributed by atoms with E-state index in [9.17, 15) is 0 Å². The highest BCUT2D eigenvalue weighted by Crippen LogP contribution is 2.38. The summed E-state index contributed by atoms with van der Waals surface area (Å²) in [4.78, 5) is 2.48. The molecule has 0 atom stereocenters. The first kappa shape index (κ1) is 16.3. The number of hydrogen-bond donors (Lipinski definition) is 0. The topological polar surface area (TPSA) is 8.17 Å². The fourth-order valence-electron chi connectivity index (χ4n) is 4.40. The Morgan fingerprint density at radius 3 is 1.59 bits per heavy atom. The molecule has 0 aliphatic rings. The van der Waals surface area contributed by atoms with Gasteiger partial charge in [0, 0.05) is 10.8 Å². The minimum absolute atomic E-state index is 0.920. The van der Waals surface area contributed by atoms with Crippen molar-refractivity contribution in [2.75, 3.05) is 13.1 Å². The normalized spacial score (nSPS) is 12.1. The van der Waals surface area contributed by atoms with E-state index in [1.807, 2.05) is 0 Å². The molecule has 5 rings (SSSR count). The van der Waals surface area contributed by atoms with E-state index >= 15 is 0 Å². The molecule has 0 unspecified atom stereocenters. The smallest absolute Gasteiger partial charge is 0.0757 e. The van der Waals surface area contributed by atoms with Crippen LogP contribution in [-0.2, 0) is 6.67 Å². The molecule has 27 heavy (non-hydrogen) atoms. The van der Waals surface area contributed by atoms with Crippen LogP contribution in [0.15, 0.2) is 72.8 Å². The highest BCUT2D eigenvalue weighted by molar-refractivity contribution is 6.27. The molecular weight excluding hydrogens is 328 g/mol. The summed E-state index contributed by atoms with van der Waals surface area (Å²) >= 11 is 0. The third kappa shape index (κ3) is 2.44. The molecule has 0 aliphatic carbocycles. The number of nitrogens with zero attached hydrogens (tertiary/aromatic N) is 2. The molecule has 0 N–H and O–H groups in total. The average Bonchev–Trinajstić information content (AvgIpc) is 3.06. The van der Waals surface area contributed by atoms with Gasteiger partial charge in [0.1, 0.15) is 0 Å². The Kier molecular flexibility index (Phi) is 3.87. The van der Waals surface area contributed by atoms with Crippen molar-refractivity contribution in [2.45, 2.75) is 20.5 Å². The van der Waals surface area contributed by atoms with Gasteiger partial charge < -0.3 is 4.57 Å². The van der Waals surface area contributed by atoms with Crippen LogP contribution < -0.4 is 0 Å². The monoisotopic (exact) mass is 352 g/mol. The van der Waals surface area contributed by atoms with E-state index in [4.69, 9.17) is 0 Å². The number of hydrogen-bond acceptors (Lipinski definition) is 1. The summed E-state index contributed by atoms with van der Waals surface area (Å²) in [5, 5.41) is 8.06. The summed E-state index contributed by atoms with van der Waals surface area (Å²) in [6.45, 7) is 7.51. The number of fused-ring (bicyclic) bond motifs is 7. The van der Waals surface area contributed by atoms with Crippen molar-refractivity contribution in [2.24, 2.45) is 0 Å². The molecular formula is C25H24N2.